The molecule has 1 N–H and O–H groups in total. The maximum absolute atomic E-state index is 12.2. The Balaban J connectivity index is 2.16. The zero-order valence-electron chi connectivity index (χ0n) is 13.6. The van der Waals surface area contributed by atoms with Crippen LogP contribution in [0.5, 0.6) is 5.75 Å². The molecule has 0 radical (unpaired) electrons. The van der Waals surface area contributed by atoms with Crippen LogP contribution in [0.3, 0.4) is 0 Å². The molecule has 0 aliphatic heterocycles. The summed E-state index contributed by atoms with van der Waals surface area (Å²) in [5.74, 6) is -0.0810. The van der Waals surface area contributed by atoms with Crippen LogP contribution in [0.25, 0.3) is 6.08 Å². The fourth-order valence-electron chi connectivity index (χ4n) is 2.13. The van der Waals surface area contributed by atoms with Gasteiger partial charge in [-0.15, -0.1) is 0 Å². The SMILES string of the molecule is CCOc1c(Cl)cc(/C=C(/C#N)C(=O)NCc2ccccc2)cc1Cl. The summed E-state index contributed by atoms with van der Waals surface area (Å²) in [6.45, 7) is 2.59. The van der Waals surface area contributed by atoms with Gasteiger partial charge in [0.1, 0.15) is 11.6 Å². The highest BCUT2D eigenvalue weighted by atomic mass is 35.5. The summed E-state index contributed by atoms with van der Waals surface area (Å²) >= 11 is 12.3. The Morgan fingerprint density at radius 2 is 1.88 bits per heavy atom. The molecule has 0 heterocycles. The average Bonchev–Trinajstić information content (AvgIpc) is 2.61. The lowest BCUT2D eigenvalue weighted by molar-refractivity contribution is -0.117. The van der Waals surface area contributed by atoms with Crippen LogP contribution < -0.4 is 10.1 Å². The number of amides is 1. The molecule has 0 saturated carbocycles. The van der Waals surface area contributed by atoms with Crippen molar-refractivity contribution in [1.29, 1.82) is 5.26 Å². The number of ether oxygens (including phenoxy) is 1. The van der Waals surface area contributed by atoms with Crippen LogP contribution in [0.1, 0.15) is 18.1 Å². The van der Waals surface area contributed by atoms with Crippen molar-refractivity contribution in [3.8, 4) is 11.8 Å². The number of nitrogens with one attached hydrogen (secondary N) is 1. The molecule has 0 bridgehead atoms. The van der Waals surface area contributed by atoms with Crippen molar-refractivity contribution in [2.75, 3.05) is 6.61 Å². The highest BCUT2D eigenvalue weighted by Crippen LogP contribution is 2.34. The standard InChI is InChI=1S/C19H16Cl2N2O2/c1-2-25-18-16(20)9-14(10-17(18)21)8-15(11-22)19(24)23-12-13-6-4-3-5-7-13/h3-10H,2,12H2,1H3,(H,23,24)/b15-8-. The second-order valence-corrected chi connectivity index (χ2v) is 5.90. The minimum absolute atomic E-state index is 0.0350. The van der Waals surface area contributed by atoms with Gasteiger partial charge in [-0.05, 0) is 36.3 Å². The molecule has 4 nitrogen and oxygen atoms in total. The van der Waals surface area contributed by atoms with Crippen LogP contribution in [0.15, 0.2) is 48.0 Å². The number of carbonyl (C=O) groups excluding carboxylic acids is 1. The van der Waals surface area contributed by atoms with E-state index in [0.29, 0.717) is 34.5 Å². The first-order valence-corrected chi connectivity index (χ1v) is 8.36. The fraction of sp³-hybridized carbons (Fsp3) is 0.158. The van der Waals surface area contributed by atoms with E-state index < -0.39 is 5.91 Å². The van der Waals surface area contributed by atoms with E-state index in [9.17, 15) is 10.1 Å². The van der Waals surface area contributed by atoms with Gasteiger partial charge in [0, 0.05) is 6.54 Å². The van der Waals surface area contributed by atoms with E-state index in [1.807, 2.05) is 43.3 Å². The van der Waals surface area contributed by atoms with Gasteiger partial charge in [-0.25, -0.2) is 0 Å². The lowest BCUT2D eigenvalue weighted by atomic mass is 10.1. The number of benzene rings is 2. The van der Waals surface area contributed by atoms with Gasteiger partial charge < -0.3 is 10.1 Å². The van der Waals surface area contributed by atoms with Crippen molar-refractivity contribution in [1.82, 2.24) is 5.32 Å². The van der Waals surface area contributed by atoms with Gasteiger partial charge in [0.05, 0.1) is 16.7 Å². The zero-order valence-corrected chi connectivity index (χ0v) is 15.1. The molecule has 25 heavy (non-hydrogen) atoms. The van der Waals surface area contributed by atoms with E-state index in [1.165, 1.54) is 6.08 Å². The van der Waals surface area contributed by atoms with Crippen LogP contribution in [-0.4, -0.2) is 12.5 Å². The molecular formula is C19H16Cl2N2O2. The molecule has 0 aliphatic rings. The molecular weight excluding hydrogens is 359 g/mol. The smallest absolute Gasteiger partial charge is 0.262 e. The first-order chi connectivity index (χ1) is 12.0. The third-order valence-electron chi connectivity index (χ3n) is 3.28. The van der Waals surface area contributed by atoms with Gasteiger partial charge in [-0.3, -0.25) is 4.79 Å². The molecule has 0 saturated heterocycles. The second-order valence-electron chi connectivity index (χ2n) is 5.08. The molecule has 1 amide bonds. The molecule has 0 aliphatic carbocycles. The quantitative estimate of drug-likeness (QED) is 0.592. The van der Waals surface area contributed by atoms with Crippen LogP contribution in [0, 0.1) is 11.3 Å². The molecule has 0 unspecified atom stereocenters. The molecule has 0 spiro atoms. The zero-order chi connectivity index (χ0) is 18.2. The fourth-order valence-corrected chi connectivity index (χ4v) is 2.75. The average molecular weight is 375 g/mol. The molecule has 2 rings (SSSR count). The minimum Gasteiger partial charge on any atom is -0.491 e. The van der Waals surface area contributed by atoms with Crippen LogP contribution in [0.2, 0.25) is 10.0 Å². The Kier molecular flexibility index (Phi) is 6.88. The summed E-state index contributed by atoms with van der Waals surface area (Å²) in [6.07, 6.45) is 1.44. The van der Waals surface area contributed by atoms with Crippen LogP contribution in [0.4, 0.5) is 0 Å². The van der Waals surface area contributed by atoms with Gasteiger partial charge in [-0.2, -0.15) is 5.26 Å². The third kappa shape index (κ3) is 5.25. The van der Waals surface area contributed by atoms with Crippen molar-refractivity contribution in [3.05, 3.63) is 69.2 Å². The van der Waals surface area contributed by atoms with Crippen molar-refractivity contribution < 1.29 is 9.53 Å². The Morgan fingerprint density at radius 3 is 2.44 bits per heavy atom. The normalized spacial score (nSPS) is 10.9. The summed E-state index contributed by atoms with van der Waals surface area (Å²) < 4.78 is 5.36. The van der Waals surface area contributed by atoms with E-state index in [1.54, 1.807) is 12.1 Å². The van der Waals surface area contributed by atoms with Crippen LogP contribution >= 0.6 is 23.2 Å². The first kappa shape index (κ1) is 18.9. The largest absolute Gasteiger partial charge is 0.491 e. The van der Waals surface area contributed by atoms with E-state index >= 15 is 0 Å². The number of hydrogen-bond donors (Lipinski definition) is 1. The van der Waals surface area contributed by atoms with E-state index in [4.69, 9.17) is 27.9 Å². The molecule has 0 aromatic heterocycles. The highest BCUT2D eigenvalue weighted by Gasteiger charge is 2.12. The van der Waals surface area contributed by atoms with Crippen molar-refractivity contribution >= 4 is 35.2 Å². The van der Waals surface area contributed by atoms with E-state index in [0.717, 1.165) is 5.56 Å². The molecule has 2 aromatic carbocycles. The van der Waals surface area contributed by atoms with Crippen molar-refractivity contribution in [3.63, 3.8) is 0 Å². The van der Waals surface area contributed by atoms with Crippen LogP contribution in [-0.2, 0) is 11.3 Å². The topological polar surface area (TPSA) is 62.1 Å². The van der Waals surface area contributed by atoms with Gasteiger partial charge in [-0.1, -0.05) is 53.5 Å². The minimum atomic E-state index is -0.465. The Labute approximate surface area is 156 Å². The van der Waals surface area contributed by atoms with Crippen molar-refractivity contribution in [2.45, 2.75) is 13.5 Å². The number of carbonyl (C=O) groups is 1. The Hall–Kier alpha value is -2.48. The third-order valence-corrected chi connectivity index (χ3v) is 3.84. The maximum Gasteiger partial charge on any atom is 0.262 e. The summed E-state index contributed by atoms with van der Waals surface area (Å²) in [5, 5.41) is 12.6. The van der Waals surface area contributed by atoms with E-state index in [-0.39, 0.29) is 5.57 Å². The molecule has 0 atom stereocenters. The van der Waals surface area contributed by atoms with Gasteiger partial charge in [0.15, 0.2) is 5.75 Å². The Morgan fingerprint density at radius 1 is 1.24 bits per heavy atom. The number of nitriles is 1. The lowest BCUT2D eigenvalue weighted by Gasteiger charge is -2.09. The molecule has 6 heteroatoms. The molecule has 0 fully saturated rings. The Bertz CT molecular complexity index is 804. The number of halogens is 2. The van der Waals surface area contributed by atoms with Gasteiger partial charge in [0.2, 0.25) is 0 Å². The molecule has 128 valence electrons. The molecule has 2 aromatic rings. The summed E-state index contributed by atoms with van der Waals surface area (Å²) in [5.41, 5.74) is 1.46. The monoisotopic (exact) mass is 374 g/mol. The van der Waals surface area contributed by atoms with Gasteiger partial charge in [0.25, 0.3) is 5.91 Å². The summed E-state index contributed by atoms with van der Waals surface area (Å²) in [7, 11) is 0. The van der Waals surface area contributed by atoms with Gasteiger partial charge >= 0.3 is 0 Å². The summed E-state index contributed by atoms with van der Waals surface area (Å²) in [6, 6.07) is 14.5. The number of hydrogen-bond acceptors (Lipinski definition) is 3. The summed E-state index contributed by atoms with van der Waals surface area (Å²) in [4.78, 5) is 12.2. The number of nitrogens with zero attached hydrogens (tertiary/aromatic N) is 1. The predicted octanol–water partition coefficient (Wildman–Crippen LogP) is 4.62. The lowest BCUT2D eigenvalue weighted by Crippen LogP contribution is -2.23. The maximum atomic E-state index is 12.2. The number of rotatable bonds is 6. The van der Waals surface area contributed by atoms with Crippen molar-refractivity contribution in [2.24, 2.45) is 0 Å². The highest BCUT2D eigenvalue weighted by molar-refractivity contribution is 6.37. The first-order valence-electron chi connectivity index (χ1n) is 7.61. The second kappa shape index (κ2) is 9.12. The van der Waals surface area contributed by atoms with E-state index in [2.05, 4.69) is 5.32 Å². The predicted molar refractivity (Wildman–Crippen MR) is 99.5 cm³/mol.